The Morgan fingerprint density at radius 1 is 1.15 bits per heavy atom. The Bertz CT molecular complexity index is 1020. The van der Waals surface area contributed by atoms with Gasteiger partial charge in [0.1, 0.15) is 0 Å². The monoisotopic (exact) mass is 366 g/mol. The van der Waals surface area contributed by atoms with Gasteiger partial charge in [0.2, 0.25) is 0 Å². The lowest BCUT2D eigenvalue weighted by atomic mass is 10.1. The molecule has 0 saturated heterocycles. The lowest BCUT2D eigenvalue weighted by Crippen LogP contribution is -2.15. The number of anilines is 2. The molecule has 3 aromatic rings. The van der Waals surface area contributed by atoms with Crippen molar-refractivity contribution >= 4 is 23.1 Å². The SMILES string of the molecule is COC(=O)Nc1cccc(C)c1CNc1c(C)c(C)cn2c(C)c(C)nc12. The molecule has 142 valence electrons. The third-order valence-electron chi connectivity index (χ3n) is 5.17. The summed E-state index contributed by atoms with van der Waals surface area (Å²) >= 11 is 0. The number of amides is 1. The minimum atomic E-state index is -0.476. The van der Waals surface area contributed by atoms with Crippen LogP contribution in [0.2, 0.25) is 0 Å². The van der Waals surface area contributed by atoms with Gasteiger partial charge in [-0.3, -0.25) is 5.32 Å². The number of fused-ring (bicyclic) bond motifs is 1. The summed E-state index contributed by atoms with van der Waals surface area (Å²) in [4.78, 5) is 16.4. The van der Waals surface area contributed by atoms with E-state index < -0.39 is 6.09 Å². The number of aryl methyl sites for hydroxylation is 4. The van der Waals surface area contributed by atoms with Crippen LogP contribution < -0.4 is 10.6 Å². The Morgan fingerprint density at radius 3 is 2.59 bits per heavy atom. The number of imidazole rings is 1. The fourth-order valence-corrected chi connectivity index (χ4v) is 3.22. The number of rotatable bonds is 4. The minimum absolute atomic E-state index is 0.476. The van der Waals surface area contributed by atoms with Crippen LogP contribution >= 0.6 is 0 Å². The lowest BCUT2D eigenvalue weighted by Gasteiger charge is -2.17. The average Bonchev–Trinajstić information content (AvgIpc) is 2.91. The van der Waals surface area contributed by atoms with E-state index in [9.17, 15) is 4.79 Å². The molecule has 0 unspecified atom stereocenters. The summed E-state index contributed by atoms with van der Waals surface area (Å²) in [6.07, 6.45) is 1.65. The highest BCUT2D eigenvalue weighted by Gasteiger charge is 2.15. The van der Waals surface area contributed by atoms with Gasteiger partial charge in [0.05, 0.1) is 18.5 Å². The molecule has 1 amide bonds. The summed E-state index contributed by atoms with van der Waals surface area (Å²) in [5.74, 6) is 0. The molecule has 2 N–H and O–H groups in total. The van der Waals surface area contributed by atoms with Gasteiger partial charge >= 0.3 is 6.09 Å². The number of nitrogens with zero attached hydrogens (tertiary/aromatic N) is 2. The van der Waals surface area contributed by atoms with E-state index in [0.717, 1.165) is 39.5 Å². The molecule has 3 rings (SSSR count). The minimum Gasteiger partial charge on any atom is -0.453 e. The van der Waals surface area contributed by atoms with E-state index in [1.165, 1.54) is 18.2 Å². The summed E-state index contributed by atoms with van der Waals surface area (Å²) < 4.78 is 6.87. The lowest BCUT2D eigenvalue weighted by molar-refractivity contribution is 0.187. The van der Waals surface area contributed by atoms with Crippen molar-refractivity contribution in [3.05, 3.63) is 58.0 Å². The molecule has 1 aromatic carbocycles. The van der Waals surface area contributed by atoms with Crippen molar-refractivity contribution in [1.29, 1.82) is 0 Å². The van der Waals surface area contributed by atoms with Gasteiger partial charge in [0.25, 0.3) is 0 Å². The number of hydrogen-bond acceptors (Lipinski definition) is 4. The third kappa shape index (κ3) is 3.47. The summed E-state index contributed by atoms with van der Waals surface area (Å²) in [5, 5.41) is 6.34. The standard InChI is InChI=1S/C21H26N4O2/c1-12-8-7-9-18(24-21(26)27-6)17(12)10-22-19-14(3)13(2)11-25-16(5)15(4)23-20(19)25/h7-9,11,22H,10H2,1-6H3,(H,24,26). The Hall–Kier alpha value is -3.02. The number of nitrogens with one attached hydrogen (secondary N) is 2. The van der Waals surface area contributed by atoms with Gasteiger partial charge < -0.3 is 14.5 Å². The average molecular weight is 366 g/mol. The summed E-state index contributed by atoms with van der Waals surface area (Å²) in [5.41, 5.74) is 9.31. The molecule has 0 aliphatic carbocycles. The van der Waals surface area contributed by atoms with Crippen molar-refractivity contribution < 1.29 is 9.53 Å². The zero-order chi connectivity index (χ0) is 19.7. The maximum Gasteiger partial charge on any atom is 0.411 e. The Balaban J connectivity index is 2.00. The van der Waals surface area contributed by atoms with E-state index in [0.29, 0.717) is 6.54 Å². The van der Waals surface area contributed by atoms with Gasteiger partial charge in [0, 0.05) is 24.1 Å². The zero-order valence-corrected chi connectivity index (χ0v) is 16.7. The van der Waals surface area contributed by atoms with Gasteiger partial charge in [0.15, 0.2) is 5.65 Å². The highest BCUT2D eigenvalue weighted by molar-refractivity contribution is 5.86. The summed E-state index contributed by atoms with van der Waals surface area (Å²) in [6.45, 7) is 10.9. The second-order valence-electron chi connectivity index (χ2n) is 6.86. The number of methoxy groups -OCH3 is 1. The maximum atomic E-state index is 11.7. The molecule has 0 aliphatic rings. The first-order valence-electron chi connectivity index (χ1n) is 8.96. The van der Waals surface area contributed by atoms with Crippen molar-refractivity contribution in [3.63, 3.8) is 0 Å². The van der Waals surface area contributed by atoms with Crippen LogP contribution in [0.1, 0.15) is 33.6 Å². The first kappa shape index (κ1) is 18.8. The van der Waals surface area contributed by atoms with E-state index in [1.54, 1.807) is 0 Å². The predicted octanol–water partition coefficient (Wildman–Crippen LogP) is 4.67. The molecule has 2 heterocycles. The van der Waals surface area contributed by atoms with Crippen LogP contribution in [-0.2, 0) is 11.3 Å². The number of hydrogen-bond donors (Lipinski definition) is 2. The van der Waals surface area contributed by atoms with Crippen molar-refractivity contribution in [1.82, 2.24) is 9.38 Å². The van der Waals surface area contributed by atoms with Gasteiger partial charge in [-0.25, -0.2) is 9.78 Å². The Labute approximate surface area is 159 Å². The fourth-order valence-electron chi connectivity index (χ4n) is 3.22. The van der Waals surface area contributed by atoms with Crippen LogP contribution in [0.3, 0.4) is 0 Å². The smallest absolute Gasteiger partial charge is 0.411 e. The predicted molar refractivity (Wildman–Crippen MR) is 109 cm³/mol. The number of carbonyl (C=O) groups excluding carboxylic acids is 1. The molecule has 6 heteroatoms. The van der Waals surface area contributed by atoms with Crippen molar-refractivity contribution in [2.24, 2.45) is 0 Å². The zero-order valence-electron chi connectivity index (χ0n) is 16.7. The number of ether oxygens (including phenoxy) is 1. The summed E-state index contributed by atoms with van der Waals surface area (Å²) in [7, 11) is 1.36. The van der Waals surface area contributed by atoms with Crippen LogP contribution in [0.4, 0.5) is 16.2 Å². The topological polar surface area (TPSA) is 67.7 Å². The van der Waals surface area contributed by atoms with Crippen LogP contribution in [0.25, 0.3) is 5.65 Å². The fraction of sp³-hybridized carbons (Fsp3) is 0.333. The molecule has 2 aromatic heterocycles. The van der Waals surface area contributed by atoms with E-state index in [4.69, 9.17) is 9.72 Å². The Morgan fingerprint density at radius 2 is 1.89 bits per heavy atom. The number of aromatic nitrogens is 2. The van der Waals surface area contributed by atoms with Crippen LogP contribution in [-0.4, -0.2) is 22.6 Å². The second-order valence-corrected chi connectivity index (χ2v) is 6.86. The third-order valence-corrected chi connectivity index (χ3v) is 5.17. The van der Waals surface area contributed by atoms with E-state index >= 15 is 0 Å². The van der Waals surface area contributed by atoms with Gasteiger partial charge in [-0.15, -0.1) is 0 Å². The molecular weight excluding hydrogens is 340 g/mol. The van der Waals surface area contributed by atoms with Crippen LogP contribution in [0.5, 0.6) is 0 Å². The molecule has 6 nitrogen and oxygen atoms in total. The Kier molecular flexibility index (Phi) is 5.08. The molecule has 0 radical (unpaired) electrons. The van der Waals surface area contributed by atoms with E-state index in [2.05, 4.69) is 42.0 Å². The molecular formula is C21H26N4O2. The number of carbonyl (C=O) groups is 1. The highest BCUT2D eigenvalue weighted by Crippen LogP contribution is 2.28. The summed E-state index contributed by atoms with van der Waals surface area (Å²) in [6, 6.07) is 5.83. The van der Waals surface area contributed by atoms with Gasteiger partial charge in [-0.05, 0) is 62.9 Å². The van der Waals surface area contributed by atoms with E-state index in [-0.39, 0.29) is 0 Å². The van der Waals surface area contributed by atoms with Crippen molar-refractivity contribution in [2.45, 2.75) is 41.2 Å². The van der Waals surface area contributed by atoms with Crippen molar-refractivity contribution in [2.75, 3.05) is 17.7 Å². The second kappa shape index (κ2) is 7.31. The first-order chi connectivity index (χ1) is 12.8. The highest BCUT2D eigenvalue weighted by atomic mass is 16.5. The quantitative estimate of drug-likeness (QED) is 0.704. The molecule has 27 heavy (non-hydrogen) atoms. The normalized spacial score (nSPS) is 10.9. The van der Waals surface area contributed by atoms with Crippen molar-refractivity contribution in [3.8, 4) is 0 Å². The number of pyridine rings is 1. The molecule has 0 atom stereocenters. The molecule has 0 fully saturated rings. The molecule has 0 bridgehead atoms. The van der Waals surface area contributed by atoms with Gasteiger partial charge in [-0.1, -0.05) is 12.1 Å². The van der Waals surface area contributed by atoms with Crippen LogP contribution in [0.15, 0.2) is 24.4 Å². The van der Waals surface area contributed by atoms with Crippen LogP contribution in [0, 0.1) is 34.6 Å². The number of benzene rings is 1. The molecule has 0 aliphatic heterocycles. The first-order valence-corrected chi connectivity index (χ1v) is 8.96. The molecule has 0 spiro atoms. The molecule has 0 saturated carbocycles. The van der Waals surface area contributed by atoms with E-state index in [1.807, 2.05) is 32.0 Å². The van der Waals surface area contributed by atoms with Gasteiger partial charge in [-0.2, -0.15) is 0 Å². The maximum absolute atomic E-state index is 11.7. The largest absolute Gasteiger partial charge is 0.453 e.